The van der Waals surface area contributed by atoms with Crippen LogP contribution in [0.1, 0.15) is 16.9 Å². The lowest BCUT2D eigenvalue weighted by Gasteiger charge is -2.14. The van der Waals surface area contributed by atoms with E-state index in [1.807, 2.05) is 71.4 Å². The number of carbonyl (C=O) groups is 2. The van der Waals surface area contributed by atoms with Crippen LogP contribution in [0, 0.1) is 0 Å². The van der Waals surface area contributed by atoms with Gasteiger partial charge >= 0.3 is 0 Å². The molecule has 2 aromatic heterocycles. The molecule has 6 nitrogen and oxygen atoms in total. The summed E-state index contributed by atoms with van der Waals surface area (Å²) in [6, 6.07) is 19.5. The van der Waals surface area contributed by atoms with Crippen LogP contribution in [0.3, 0.4) is 0 Å². The molecular formula is C27H22BrN3O3S2. The molecule has 9 heteroatoms. The highest BCUT2D eigenvalue weighted by molar-refractivity contribution is 9.10. The largest absolute Gasteiger partial charge is 0.467 e. The molecule has 1 fully saturated rings. The molecule has 1 N–H and O–H groups in total. The van der Waals surface area contributed by atoms with Crippen LogP contribution in [-0.4, -0.2) is 32.1 Å². The molecule has 1 aliphatic heterocycles. The van der Waals surface area contributed by atoms with Gasteiger partial charge in [-0.3, -0.25) is 14.5 Å². The van der Waals surface area contributed by atoms with Gasteiger partial charge in [-0.1, -0.05) is 70.2 Å². The van der Waals surface area contributed by atoms with Gasteiger partial charge in [0, 0.05) is 33.7 Å². The summed E-state index contributed by atoms with van der Waals surface area (Å²) in [4.78, 5) is 28.0. The molecule has 0 saturated carbocycles. The maximum absolute atomic E-state index is 13.2. The van der Waals surface area contributed by atoms with Crippen LogP contribution in [0.2, 0.25) is 0 Å². The van der Waals surface area contributed by atoms with Crippen LogP contribution in [0.5, 0.6) is 0 Å². The topological polar surface area (TPSA) is 67.5 Å². The van der Waals surface area contributed by atoms with Crippen LogP contribution < -0.4 is 5.32 Å². The minimum atomic E-state index is -0.134. The molecule has 3 heterocycles. The number of carbonyl (C=O) groups excluding carboxylic acids is 2. The fraction of sp³-hybridized carbons (Fsp3) is 0.148. The summed E-state index contributed by atoms with van der Waals surface area (Å²) in [7, 11) is 0. The van der Waals surface area contributed by atoms with E-state index in [4.69, 9.17) is 16.6 Å². The minimum Gasteiger partial charge on any atom is -0.467 e. The molecule has 2 aromatic carbocycles. The van der Waals surface area contributed by atoms with Gasteiger partial charge in [-0.25, -0.2) is 0 Å². The first-order valence-electron chi connectivity index (χ1n) is 11.3. The maximum atomic E-state index is 13.2. The van der Waals surface area contributed by atoms with Gasteiger partial charge < -0.3 is 14.3 Å². The van der Waals surface area contributed by atoms with Crippen LogP contribution >= 0.6 is 39.9 Å². The van der Waals surface area contributed by atoms with E-state index in [0.717, 1.165) is 32.9 Å². The zero-order valence-corrected chi connectivity index (χ0v) is 22.4. The third-order valence-corrected chi connectivity index (χ3v) is 7.73. The highest BCUT2D eigenvalue weighted by Gasteiger charge is 2.32. The molecule has 36 heavy (non-hydrogen) atoms. The molecule has 1 saturated heterocycles. The smallest absolute Gasteiger partial charge is 0.266 e. The van der Waals surface area contributed by atoms with Gasteiger partial charge in [0.05, 0.1) is 17.7 Å². The summed E-state index contributed by atoms with van der Waals surface area (Å²) >= 11 is 10.4. The highest BCUT2D eigenvalue weighted by atomic mass is 79.9. The molecule has 4 aromatic rings. The van der Waals surface area contributed by atoms with Crippen molar-refractivity contribution in [3.63, 3.8) is 0 Å². The SMILES string of the molecule is O=C(Cn1cc(/C=C2\SC(=S)N(CCc3ccccc3)C2=O)c2cc(Br)ccc21)NCc1ccco1. The number of halogens is 1. The van der Waals surface area contributed by atoms with E-state index in [1.165, 1.54) is 11.8 Å². The number of benzene rings is 2. The second kappa shape index (κ2) is 10.9. The third-order valence-electron chi connectivity index (χ3n) is 5.85. The van der Waals surface area contributed by atoms with Gasteiger partial charge in [-0.15, -0.1) is 0 Å². The Kier molecular flexibility index (Phi) is 7.41. The van der Waals surface area contributed by atoms with E-state index >= 15 is 0 Å². The number of fused-ring (bicyclic) bond motifs is 1. The number of furan rings is 1. The molecule has 5 rings (SSSR count). The second-order valence-electron chi connectivity index (χ2n) is 8.30. The Labute approximate surface area is 226 Å². The van der Waals surface area contributed by atoms with Crippen molar-refractivity contribution in [2.24, 2.45) is 0 Å². The quantitative estimate of drug-likeness (QED) is 0.212. The Morgan fingerprint density at radius 2 is 1.97 bits per heavy atom. The van der Waals surface area contributed by atoms with E-state index < -0.39 is 0 Å². The average Bonchev–Trinajstić information content (AvgIpc) is 3.57. The predicted molar refractivity (Wildman–Crippen MR) is 150 cm³/mol. The zero-order chi connectivity index (χ0) is 25.1. The first-order valence-corrected chi connectivity index (χ1v) is 13.4. The van der Waals surface area contributed by atoms with Crippen molar-refractivity contribution in [3.8, 4) is 0 Å². The van der Waals surface area contributed by atoms with Crippen molar-refractivity contribution in [1.29, 1.82) is 0 Å². The van der Waals surface area contributed by atoms with E-state index in [0.29, 0.717) is 28.1 Å². The molecule has 0 bridgehead atoms. The monoisotopic (exact) mass is 579 g/mol. The summed E-state index contributed by atoms with van der Waals surface area (Å²) in [5.41, 5.74) is 2.92. The normalized spacial score (nSPS) is 14.8. The van der Waals surface area contributed by atoms with E-state index in [-0.39, 0.29) is 18.4 Å². The Morgan fingerprint density at radius 1 is 1.14 bits per heavy atom. The molecule has 0 aliphatic carbocycles. The number of nitrogens with zero attached hydrogens (tertiary/aromatic N) is 2. The number of thiocarbonyl (C=S) groups is 1. The van der Waals surface area contributed by atoms with Crippen molar-refractivity contribution < 1.29 is 14.0 Å². The molecule has 2 amide bonds. The Bertz CT molecular complexity index is 1460. The van der Waals surface area contributed by atoms with Gasteiger partial charge in [0.25, 0.3) is 5.91 Å². The van der Waals surface area contributed by atoms with Crippen molar-refractivity contribution in [3.05, 3.63) is 99.4 Å². The summed E-state index contributed by atoms with van der Waals surface area (Å²) < 4.78 is 8.65. The number of amides is 2. The molecule has 0 radical (unpaired) electrons. The number of thioether (sulfide) groups is 1. The number of rotatable bonds is 8. The number of hydrogen-bond donors (Lipinski definition) is 1. The predicted octanol–water partition coefficient (Wildman–Crippen LogP) is 5.76. The fourth-order valence-electron chi connectivity index (χ4n) is 4.07. The van der Waals surface area contributed by atoms with Crippen LogP contribution in [-0.2, 0) is 29.1 Å². The molecule has 182 valence electrons. The van der Waals surface area contributed by atoms with Crippen LogP contribution in [0.15, 0.2) is 86.9 Å². The Balaban J connectivity index is 1.36. The van der Waals surface area contributed by atoms with Crippen molar-refractivity contribution in [1.82, 2.24) is 14.8 Å². The van der Waals surface area contributed by atoms with Crippen LogP contribution in [0.25, 0.3) is 17.0 Å². The molecule has 0 spiro atoms. The van der Waals surface area contributed by atoms with Gasteiger partial charge in [0.2, 0.25) is 5.91 Å². The highest BCUT2D eigenvalue weighted by Crippen LogP contribution is 2.35. The first kappa shape index (κ1) is 24.5. The molecule has 1 aliphatic rings. The Morgan fingerprint density at radius 3 is 2.75 bits per heavy atom. The second-order valence-corrected chi connectivity index (χ2v) is 10.9. The summed E-state index contributed by atoms with van der Waals surface area (Å²) in [5.74, 6) is 0.470. The van der Waals surface area contributed by atoms with Gasteiger partial charge in [-0.2, -0.15) is 0 Å². The number of nitrogens with one attached hydrogen (secondary N) is 1. The molecule has 0 unspecified atom stereocenters. The van der Waals surface area contributed by atoms with Crippen LogP contribution in [0.4, 0.5) is 0 Å². The van der Waals surface area contributed by atoms with Crippen molar-refractivity contribution in [2.75, 3.05) is 6.54 Å². The van der Waals surface area contributed by atoms with Gasteiger partial charge in [0.1, 0.15) is 16.6 Å². The minimum absolute atomic E-state index is 0.0898. The van der Waals surface area contributed by atoms with Crippen molar-refractivity contribution in [2.45, 2.75) is 19.5 Å². The van der Waals surface area contributed by atoms with E-state index in [9.17, 15) is 9.59 Å². The van der Waals surface area contributed by atoms with E-state index in [2.05, 4.69) is 21.2 Å². The maximum Gasteiger partial charge on any atom is 0.266 e. The van der Waals surface area contributed by atoms with Crippen molar-refractivity contribution >= 4 is 73.0 Å². The standard InChI is InChI=1S/C27H22BrN3O3S2/c28-20-8-9-23-22(14-20)19(16-30(23)17-25(32)29-15-21-7-4-12-34-21)13-24-26(33)31(27(35)36-24)11-10-18-5-2-1-3-6-18/h1-9,12-14,16H,10-11,15,17H2,(H,29,32)/b24-13-. The lowest BCUT2D eigenvalue weighted by atomic mass is 10.1. The summed E-state index contributed by atoms with van der Waals surface area (Å²) in [6.07, 6.45) is 6.09. The molecule has 0 atom stereocenters. The Hall–Kier alpha value is -3.14. The lowest BCUT2D eigenvalue weighted by molar-refractivity contribution is -0.122. The fourth-order valence-corrected chi connectivity index (χ4v) is 5.73. The zero-order valence-electron chi connectivity index (χ0n) is 19.1. The number of hydrogen-bond acceptors (Lipinski definition) is 5. The lowest BCUT2D eigenvalue weighted by Crippen LogP contribution is -2.30. The number of aromatic nitrogens is 1. The summed E-state index contributed by atoms with van der Waals surface area (Å²) in [5, 5.41) is 3.82. The van der Waals surface area contributed by atoms with Gasteiger partial charge in [-0.05, 0) is 48.4 Å². The summed E-state index contributed by atoms with van der Waals surface area (Å²) in [6.45, 7) is 1.01. The first-order chi connectivity index (χ1) is 17.5. The average molecular weight is 581 g/mol. The van der Waals surface area contributed by atoms with Gasteiger partial charge in [0.15, 0.2) is 0 Å². The third kappa shape index (κ3) is 5.48. The van der Waals surface area contributed by atoms with E-state index in [1.54, 1.807) is 17.2 Å². The molecular weight excluding hydrogens is 558 g/mol.